The summed E-state index contributed by atoms with van der Waals surface area (Å²) in [6.07, 6.45) is 4.24. The number of carbonyl (C=O) groups is 1. The summed E-state index contributed by atoms with van der Waals surface area (Å²) in [7, 11) is 0. The molecule has 1 aromatic heterocycles. The summed E-state index contributed by atoms with van der Waals surface area (Å²) in [6, 6.07) is 1.84. The number of nitrogens with one attached hydrogen (secondary N) is 1. The summed E-state index contributed by atoms with van der Waals surface area (Å²) in [5.74, 6) is 0.476. The maximum atomic E-state index is 11.9. The first-order valence-electron chi connectivity index (χ1n) is 5.71. The van der Waals surface area contributed by atoms with Crippen molar-refractivity contribution in [3.63, 3.8) is 0 Å². The molecule has 4 nitrogen and oxygen atoms in total. The van der Waals surface area contributed by atoms with Crippen LogP contribution in [0, 0.1) is 6.92 Å². The van der Waals surface area contributed by atoms with Crippen molar-refractivity contribution in [3.05, 3.63) is 22.3 Å². The Morgan fingerprint density at radius 3 is 3.06 bits per heavy atom. The van der Waals surface area contributed by atoms with Crippen molar-refractivity contribution in [3.8, 4) is 0 Å². The van der Waals surface area contributed by atoms with Crippen molar-refractivity contribution in [2.24, 2.45) is 0 Å². The average molecular weight is 299 g/mol. The normalized spacial score (nSPS) is 20.0. The Morgan fingerprint density at radius 2 is 2.41 bits per heavy atom. The minimum atomic E-state index is -0.325. The van der Waals surface area contributed by atoms with E-state index >= 15 is 0 Å². The van der Waals surface area contributed by atoms with E-state index in [9.17, 15) is 4.79 Å². The minimum Gasteiger partial charge on any atom is -0.368 e. The van der Waals surface area contributed by atoms with Gasteiger partial charge in [-0.25, -0.2) is 4.98 Å². The number of carbonyl (C=O) groups excluding carboxylic acids is 1. The number of aromatic nitrogens is 1. The van der Waals surface area contributed by atoms with Gasteiger partial charge in [-0.2, -0.15) is 0 Å². The van der Waals surface area contributed by atoms with Gasteiger partial charge in [0.15, 0.2) is 0 Å². The van der Waals surface area contributed by atoms with E-state index in [-0.39, 0.29) is 12.0 Å². The van der Waals surface area contributed by atoms with E-state index < -0.39 is 0 Å². The molecule has 0 radical (unpaired) electrons. The lowest BCUT2D eigenvalue weighted by molar-refractivity contribution is -0.130. The molecule has 17 heavy (non-hydrogen) atoms. The summed E-state index contributed by atoms with van der Waals surface area (Å²) < 4.78 is 6.35. The third kappa shape index (κ3) is 3.26. The topological polar surface area (TPSA) is 51.2 Å². The van der Waals surface area contributed by atoms with Gasteiger partial charge in [0.2, 0.25) is 0 Å². The number of rotatable bonds is 2. The molecule has 1 aromatic rings. The monoisotopic (exact) mass is 298 g/mol. The van der Waals surface area contributed by atoms with Gasteiger partial charge >= 0.3 is 0 Å². The van der Waals surface area contributed by atoms with Gasteiger partial charge in [0.1, 0.15) is 11.9 Å². The lowest BCUT2D eigenvalue weighted by atomic mass is 10.1. The summed E-state index contributed by atoms with van der Waals surface area (Å²) in [5, 5.41) is 2.78. The molecule has 5 heteroatoms. The van der Waals surface area contributed by atoms with Crippen molar-refractivity contribution in [2.75, 3.05) is 11.9 Å². The van der Waals surface area contributed by atoms with E-state index in [4.69, 9.17) is 4.74 Å². The van der Waals surface area contributed by atoms with Crippen LogP contribution in [-0.4, -0.2) is 23.6 Å². The van der Waals surface area contributed by atoms with E-state index in [1.807, 2.05) is 13.0 Å². The molecule has 2 heterocycles. The fourth-order valence-electron chi connectivity index (χ4n) is 1.76. The van der Waals surface area contributed by atoms with Crippen LogP contribution in [0.1, 0.15) is 24.8 Å². The highest BCUT2D eigenvalue weighted by Gasteiger charge is 2.22. The first-order chi connectivity index (χ1) is 8.16. The number of aryl methyl sites for hydroxylation is 1. The van der Waals surface area contributed by atoms with E-state index in [1.54, 1.807) is 6.20 Å². The zero-order valence-electron chi connectivity index (χ0n) is 9.70. The maximum absolute atomic E-state index is 11.9. The Morgan fingerprint density at radius 1 is 1.59 bits per heavy atom. The van der Waals surface area contributed by atoms with Gasteiger partial charge in [0.25, 0.3) is 5.91 Å². The molecule has 0 bridgehead atoms. The number of nitrogens with zero attached hydrogens (tertiary/aromatic N) is 1. The summed E-state index contributed by atoms with van der Waals surface area (Å²) in [6.45, 7) is 2.63. The van der Waals surface area contributed by atoms with Crippen LogP contribution < -0.4 is 5.32 Å². The van der Waals surface area contributed by atoms with E-state index in [0.717, 1.165) is 29.3 Å². The molecule has 1 unspecified atom stereocenters. The predicted molar refractivity (Wildman–Crippen MR) is 68.9 cm³/mol. The number of pyridine rings is 1. The fourth-order valence-corrected chi connectivity index (χ4v) is 1.98. The smallest absolute Gasteiger partial charge is 0.254 e. The minimum absolute atomic E-state index is 0.0982. The largest absolute Gasteiger partial charge is 0.368 e. The fraction of sp³-hybridized carbons (Fsp3) is 0.500. The molecule has 1 aliphatic heterocycles. The lowest BCUT2D eigenvalue weighted by Crippen LogP contribution is -2.33. The predicted octanol–water partition coefficient (Wildman–Crippen LogP) is 2.66. The van der Waals surface area contributed by atoms with Crippen molar-refractivity contribution in [1.82, 2.24) is 4.98 Å². The molecule has 92 valence electrons. The van der Waals surface area contributed by atoms with Gasteiger partial charge < -0.3 is 10.1 Å². The number of anilines is 1. The molecule has 2 rings (SSSR count). The van der Waals surface area contributed by atoms with Gasteiger partial charge in [-0.1, -0.05) is 0 Å². The first kappa shape index (κ1) is 12.5. The van der Waals surface area contributed by atoms with Crippen molar-refractivity contribution in [1.29, 1.82) is 0 Å². The van der Waals surface area contributed by atoms with Crippen LogP contribution in [0.15, 0.2) is 16.7 Å². The SMILES string of the molecule is Cc1cc(NC(=O)C2CCCCO2)ncc1Br. The molecule has 1 N–H and O–H groups in total. The molecule has 1 aliphatic rings. The van der Waals surface area contributed by atoms with Gasteiger partial charge in [-0.05, 0) is 53.7 Å². The number of hydrogen-bond acceptors (Lipinski definition) is 3. The molecule has 1 atom stereocenters. The Kier molecular flexibility index (Phi) is 4.12. The van der Waals surface area contributed by atoms with Crippen LogP contribution in [0.4, 0.5) is 5.82 Å². The van der Waals surface area contributed by atoms with E-state index in [0.29, 0.717) is 12.4 Å². The lowest BCUT2D eigenvalue weighted by Gasteiger charge is -2.21. The van der Waals surface area contributed by atoms with Crippen molar-refractivity contribution < 1.29 is 9.53 Å². The standard InChI is InChI=1S/C12H15BrN2O2/c1-8-6-11(14-7-9(8)13)15-12(16)10-4-2-3-5-17-10/h6-7,10H,2-5H2,1H3,(H,14,15,16). The maximum Gasteiger partial charge on any atom is 0.254 e. The highest BCUT2D eigenvalue weighted by molar-refractivity contribution is 9.10. The van der Waals surface area contributed by atoms with Crippen LogP contribution in [0.5, 0.6) is 0 Å². The zero-order valence-corrected chi connectivity index (χ0v) is 11.3. The zero-order chi connectivity index (χ0) is 12.3. The highest BCUT2D eigenvalue weighted by atomic mass is 79.9. The molecule has 0 spiro atoms. The van der Waals surface area contributed by atoms with Crippen molar-refractivity contribution in [2.45, 2.75) is 32.3 Å². The Hall–Kier alpha value is -0.940. The summed E-state index contributed by atoms with van der Waals surface area (Å²) >= 11 is 3.37. The quantitative estimate of drug-likeness (QED) is 0.913. The molecule has 1 amide bonds. The molecular formula is C12H15BrN2O2. The molecule has 1 saturated heterocycles. The number of hydrogen-bond donors (Lipinski definition) is 1. The van der Waals surface area contributed by atoms with Crippen molar-refractivity contribution >= 4 is 27.7 Å². The van der Waals surface area contributed by atoms with Crippen LogP contribution in [0.2, 0.25) is 0 Å². The number of ether oxygens (including phenoxy) is 1. The molecule has 0 saturated carbocycles. The second-order valence-electron chi connectivity index (χ2n) is 4.16. The van der Waals surface area contributed by atoms with Crippen LogP contribution >= 0.6 is 15.9 Å². The summed E-state index contributed by atoms with van der Waals surface area (Å²) in [5.41, 5.74) is 1.04. The Balaban J connectivity index is 1.99. The van der Waals surface area contributed by atoms with E-state index in [1.165, 1.54) is 0 Å². The number of halogens is 1. The molecule has 1 fully saturated rings. The van der Waals surface area contributed by atoms with Gasteiger partial charge in [-0.3, -0.25) is 4.79 Å². The number of amides is 1. The first-order valence-corrected chi connectivity index (χ1v) is 6.51. The van der Waals surface area contributed by atoms with Crippen LogP contribution in [-0.2, 0) is 9.53 Å². The molecular weight excluding hydrogens is 284 g/mol. The summed E-state index contributed by atoms with van der Waals surface area (Å²) in [4.78, 5) is 16.0. The molecule has 0 aromatic carbocycles. The van der Waals surface area contributed by atoms with Gasteiger partial charge in [0.05, 0.1) is 0 Å². The van der Waals surface area contributed by atoms with Gasteiger partial charge in [-0.15, -0.1) is 0 Å². The van der Waals surface area contributed by atoms with Crippen LogP contribution in [0.25, 0.3) is 0 Å². The van der Waals surface area contributed by atoms with Gasteiger partial charge in [0, 0.05) is 17.3 Å². The second kappa shape index (κ2) is 5.60. The second-order valence-corrected chi connectivity index (χ2v) is 5.02. The Bertz CT molecular complexity index is 417. The average Bonchev–Trinajstić information content (AvgIpc) is 2.35. The third-order valence-electron chi connectivity index (χ3n) is 2.77. The highest BCUT2D eigenvalue weighted by Crippen LogP contribution is 2.18. The van der Waals surface area contributed by atoms with Crippen LogP contribution in [0.3, 0.4) is 0 Å². The third-order valence-corrected chi connectivity index (χ3v) is 3.60. The molecule has 0 aliphatic carbocycles. The Labute approximate surface area is 109 Å². The van der Waals surface area contributed by atoms with E-state index in [2.05, 4.69) is 26.2 Å².